The Kier molecular flexibility index (Phi) is 6.57. The van der Waals surface area contributed by atoms with Gasteiger partial charge in [-0.05, 0) is 18.4 Å². The fourth-order valence-electron chi connectivity index (χ4n) is 1.93. The van der Waals surface area contributed by atoms with Crippen molar-refractivity contribution in [2.45, 2.75) is 13.5 Å². The van der Waals surface area contributed by atoms with E-state index < -0.39 is 0 Å². The summed E-state index contributed by atoms with van der Waals surface area (Å²) in [7, 11) is 1.63. The monoisotopic (exact) mass is 324 g/mol. The number of hydrogen-bond donors (Lipinski definition) is 0. The van der Waals surface area contributed by atoms with Gasteiger partial charge in [-0.2, -0.15) is 0 Å². The van der Waals surface area contributed by atoms with Crippen LogP contribution < -0.4 is 0 Å². The normalized spacial score (nSPS) is 11.0. The minimum absolute atomic E-state index is 0.188. The SMILES string of the molecule is CCOC(=O)CN(CCOC)Cc1ncc(-c2cccs2)o1. The lowest BCUT2D eigenvalue weighted by molar-refractivity contribution is -0.144. The average molecular weight is 324 g/mol. The maximum atomic E-state index is 11.6. The molecule has 0 fully saturated rings. The van der Waals surface area contributed by atoms with E-state index in [0.717, 1.165) is 10.6 Å². The molecule has 2 aromatic heterocycles. The Bertz CT molecular complexity index is 568. The third kappa shape index (κ3) is 4.94. The molecule has 0 aliphatic carbocycles. The number of esters is 1. The lowest BCUT2D eigenvalue weighted by Crippen LogP contribution is -2.33. The minimum atomic E-state index is -0.261. The highest BCUT2D eigenvalue weighted by atomic mass is 32.1. The molecule has 0 unspecified atom stereocenters. The van der Waals surface area contributed by atoms with Gasteiger partial charge in [0.2, 0.25) is 5.89 Å². The highest BCUT2D eigenvalue weighted by molar-refractivity contribution is 7.13. The summed E-state index contributed by atoms with van der Waals surface area (Å²) in [6.07, 6.45) is 1.71. The minimum Gasteiger partial charge on any atom is -0.465 e. The van der Waals surface area contributed by atoms with Gasteiger partial charge in [-0.3, -0.25) is 9.69 Å². The first kappa shape index (κ1) is 16.7. The fraction of sp³-hybridized carbons (Fsp3) is 0.467. The highest BCUT2D eigenvalue weighted by Crippen LogP contribution is 2.25. The molecule has 0 bridgehead atoms. The van der Waals surface area contributed by atoms with Crippen LogP contribution in [0.15, 0.2) is 28.1 Å². The molecule has 2 heterocycles. The molecular weight excluding hydrogens is 304 g/mol. The largest absolute Gasteiger partial charge is 0.465 e. The summed E-state index contributed by atoms with van der Waals surface area (Å²) in [5.74, 6) is 1.06. The summed E-state index contributed by atoms with van der Waals surface area (Å²) in [6.45, 7) is 3.92. The smallest absolute Gasteiger partial charge is 0.320 e. The van der Waals surface area contributed by atoms with Crippen LogP contribution in [0.1, 0.15) is 12.8 Å². The van der Waals surface area contributed by atoms with Crippen LogP contribution in [0.3, 0.4) is 0 Å². The Morgan fingerprint density at radius 3 is 3.05 bits per heavy atom. The average Bonchev–Trinajstić information content (AvgIpc) is 3.15. The first-order valence-corrected chi connectivity index (χ1v) is 7.96. The van der Waals surface area contributed by atoms with Crippen LogP contribution in [-0.4, -0.2) is 49.3 Å². The van der Waals surface area contributed by atoms with Crippen molar-refractivity contribution in [1.29, 1.82) is 0 Å². The summed E-state index contributed by atoms with van der Waals surface area (Å²) in [6, 6.07) is 3.95. The molecule has 2 aromatic rings. The lowest BCUT2D eigenvalue weighted by Gasteiger charge is -2.18. The molecule has 0 saturated heterocycles. The van der Waals surface area contributed by atoms with Crippen LogP contribution in [0.4, 0.5) is 0 Å². The summed E-state index contributed by atoms with van der Waals surface area (Å²) in [5, 5.41) is 1.99. The van der Waals surface area contributed by atoms with Crippen molar-refractivity contribution < 1.29 is 18.7 Å². The molecule has 0 atom stereocenters. The van der Waals surface area contributed by atoms with Crippen LogP contribution in [0.25, 0.3) is 10.6 Å². The Morgan fingerprint density at radius 1 is 1.50 bits per heavy atom. The van der Waals surface area contributed by atoms with Gasteiger partial charge in [0.05, 0.1) is 37.4 Å². The van der Waals surface area contributed by atoms with Crippen LogP contribution >= 0.6 is 11.3 Å². The summed E-state index contributed by atoms with van der Waals surface area (Å²) in [4.78, 5) is 18.9. The van der Waals surface area contributed by atoms with Gasteiger partial charge < -0.3 is 13.9 Å². The number of aromatic nitrogens is 1. The number of oxazole rings is 1. The van der Waals surface area contributed by atoms with E-state index in [0.29, 0.717) is 32.2 Å². The molecule has 0 N–H and O–H groups in total. The zero-order chi connectivity index (χ0) is 15.8. The number of ether oxygens (including phenoxy) is 2. The Balaban J connectivity index is 1.98. The molecule has 0 radical (unpaired) electrons. The molecule has 0 amide bonds. The molecule has 7 heteroatoms. The summed E-state index contributed by atoms with van der Waals surface area (Å²) >= 11 is 1.60. The zero-order valence-corrected chi connectivity index (χ0v) is 13.6. The standard InChI is InChI=1S/C15H20N2O4S/c1-3-20-15(18)11-17(6-7-19-2)10-14-16-9-12(21-14)13-5-4-8-22-13/h4-5,8-9H,3,6-7,10-11H2,1-2H3. The van der Waals surface area contributed by atoms with Gasteiger partial charge in [-0.1, -0.05) is 6.07 Å². The Morgan fingerprint density at radius 2 is 2.36 bits per heavy atom. The number of methoxy groups -OCH3 is 1. The number of nitrogens with zero attached hydrogens (tertiary/aromatic N) is 2. The Hall–Kier alpha value is -1.70. The molecule has 0 aliphatic heterocycles. The predicted molar refractivity (Wildman–Crippen MR) is 83.6 cm³/mol. The number of carbonyl (C=O) groups is 1. The second-order valence-electron chi connectivity index (χ2n) is 4.60. The predicted octanol–water partition coefficient (Wildman–Crippen LogP) is 2.41. The van der Waals surface area contributed by atoms with Crippen molar-refractivity contribution in [2.75, 3.05) is 33.4 Å². The Labute approximate surface area is 133 Å². The van der Waals surface area contributed by atoms with E-state index >= 15 is 0 Å². The van der Waals surface area contributed by atoms with Crippen molar-refractivity contribution in [2.24, 2.45) is 0 Å². The summed E-state index contributed by atoms with van der Waals surface area (Å²) < 4.78 is 15.8. The highest BCUT2D eigenvalue weighted by Gasteiger charge is 2.15. The molecule has 6 nitrogen and oxygen atoms in total. The third-order valence-corrected chi connectivity index (χ3v) is 3.83. The molecule has 0 aromatic carbocycles. The number of carbonyl (C=O) groups excluding carboxylic acids is 1. The first-order valence-electron chi connectivity index (χ1n) is 7.08. The van der Waals surface area contributed by atoms with Crippen molar-refractivity contribution in [3.63, 3.8) is 0 Å². The van der Waals surface area contributed by atoms with E-state index in [1.165, 1.54) is 0 Å². The maximum Gasteiger partial charge on any atom is 0.320 e. The quantitative estimate of drug-likeness (QED) is 0.660. The molecule has 0 saturated carbocycles. The number of hydrogen-bond acceptors (Lipinski definition) is 7. The molecule has 2 rings (SSSR count). The van der Waals surface area contributed by atoms with E-state index in [2.05, 4.69) is 4.98 Å². The van der Waals surface area contributed by atoms with Crippen molar-refractivity contribution in [3.8, 4) is 10.6 Å². The molecular formula is C15H20N2O4S. The van der Waals surface area contributed by atoms with Crippen LogP contribution in [0.2, 0.25) is 0 Å². The van der Waals surface area contributed by atoms with Gasteiger partial charge >= 0.3 is 5.97 Å². The second kappa shape index (κ2) is 8.67. The van der Waals surface area contributed by atoms with Crippen LogP contribution in [-0.2, 0) is 20.8 Å². The van der Waals surface area contributed by atoms with E-state index in [9.17, 15) is 4.79 Å². The maximum absolute atomic E-state index is 11.6. The summed E-state index contributed by atoms with van der Waals surface area (Å²) in [5.41, 5.74) is 0. The molecule has 120 valence electrons. The van der Waals surface area contributed by atoms with Gasteiger partial charge in [0, 0.05) is 13.7 Å². The van der Waals surface area contributed by atoms with E-state index in [-0.39, 0.29) is 12.5 Å². The second-order valence-corrected chi connectivity index (χ2v) is 5.55. The number of thiophene rings is 1. The van der Waals surface area contributed by atoms with Gasteiger partial charge in [0.15, 0.2) is 5.76 Å². The first-order chi connectivity index (χ1) is 10.7. The number of rotatable bonds is 9. The molecule has 0 aliphatic rings. The van der Waals surface area contributed by atoms with Gasteiger partial charge in [-0.15, -0.1) is 11.3 Å². The molecule has 0 spiro atoms. The molecule has 22 heavy (non-hydrogen) atoms. The van der Waals surface area contributed by atoms with Crippen LogP contribution in [0.5, 0.6) is 0 Å². The van der Waals surface area contributed by atoms with Crippen molar-refractivity contribution in [3.05, 3.63) is 29.6 Å². The fourth-order valence-corrected chi connectivity index (χ4v) is 2.60. The van der Waals surface area contributed by atoms with Gasteiger partial charge in [-0.25, -0.2) is 4.98 Å². The van der Waals surface area contributed by atoms with Gasteiger partial charge in [0.1, 0.15) is 0 Å². The zero-order valence-electron chi connectivity index (χ0n) is 12.8. The van der Waals surface area contributed by atoms with Crippen molar-refractivity contribution in [1.82, 2.24) is 9.88 Å². The van der Waals surface area contributed by atoms with Gasteiger partial charge in [0.25, 0.3) is 0 Å². The topological polar surface area (TPSA) is 64.8 Å². The van der Waals surface area contributed by atoms with E-state index in [4.69, 9.17) is 13.9 Å². The lowest BCUT2D eigenvalue weighted by atomic mass is 10.4. The van der Waals surface area contributed by atoms with Crippen LogP contribution in [0, 0.1) is 0 Å². The van der Waals surface area contributed by atoms with Crippen molar-refractivity contribution >= 4 is 17.3 Å². The third-order valence-electron chi connectivity index (χ3n) is 2.95. The van der Waals surface area contributed by atoms with E-state index in [1.54, 1.807) is 31.6 Å². The van der Waals surface area contributed by atoms with E-state index in [1.807, 2.05) is 22.4 Å².